The summed E-state index contributed by atoms with van der Waals surface area (Å²) in [7, 11) is 1.92. The Hall–Kier alpha value is -1.16. The van der Waals surface area contributed by atoms with Crippen molar-refractivity contribution in [2.75, 3.05) is 0 Å². The van der Waals surface area contributed by atoms with E-state index in [1.807, 2.05) is 24.7 Å². The van der Waals surface area contributed by atoms with Gasteiger partial charge in [-0.2, -0.15) is 5.10 Å². The zero-order chi connectivity index (χ0) is 9.42. The SMILES string of the molecule is Cc1nc(C2C=CC(N)C2)n(C)n1. The van der Waals surface area contributed by atoms with Crippen LogP contribution in [0.5, 0.6) is 0 Å². The van der Waals surface area contributed by atoms with Gasteiger partial charge in [-0.05, 0) is 13.3 Å². The fourth-order valence-corrected chi connectivity index (χ4v) is 1.77. The van der Waals surface area contributed by atoms with Crippen molar-refractivity contribution in [3.05, 3.63) is 23.8 Å². The molecule has 0 saturated carbocycles. The van der Waals surface area contributed by atoms with Crippen molar-refractivity contribution in [3.8, 4) is 0 Å². The molecular weight excluding hydrogens is 164 g/mol. The lowest BCUT2D eigenvalue weighted by Gasteiger charge is -2.07. The Balaban J connectivity index is 2.26. The van der Waals surface area contributed by atoms with Crippen molar-refractivity contribution in [2.24, 2.45) is 12.8 Å². The summed E-state index contributed by atoms with van der Waals surface area (Å²) < 4.78 is 1.84. The lowest BCUT2D eigenvalue weighted by atomic mass is 10.1. The smallest absolute Gasteiger partial charge is 0.147 e. The number of aryl methyl sites for hydroxylation is 2. The third-order valence-electron chi connectivity index (χ3n) is 2.35. The topological polar surface area (TPSA) is 56.7 Å². The molecule has 4 heteroatoms. The largest absolute Gasteiger partial charge is 0.324 e. The van der Waals surface area contributed by atoms with Crippen LogP contribution in [0.15, 0.2) is 12.2 Å². The zero-order valence-electron chi connectivity index (χ0n) is 7.94. The number of allylic oxidation sites excluding steroid dienone is 1. The van der Waals surface area contributed by atoms with Gasteiger partial charge in [-0.15, -0.1) is 0 Å². The molecule has 4 nitrogen and oxygen atoms in total. The van der Waals surface area contributed by atoms with Gasteiger partial charge in [0.25, 0.3) is 0 Å². The van der Waals surface area contributed by atoms with E-state index < -0.39 is 0 Å². The van der Waals surface area contributed by atoms with Gasteiger partial charge in [0, 0.05) is 19.0 Å². The van der Waals surface area contributed by atoms with Crippen LogP contribution in [-0.2, 0) is 7.05 Å². The van der Waals surface area contributed by atoms with Crippen molar-refractivity contribution >= 4 is 0 Å². The summed E-state index contributed by atoms with van der Waals surface area (Å²) >= 11 is 0. The first-order chi connectivity index (χ1) is 6.16. The normalized spacial score (nSPS) is 27.0. The maximum absolute atomic E-state index is 5.78. The minimum Gasteiger partial charge on any atom is -0.324 e. The monoisotopic (exact) mass is 178 g/mol. The van der Waals surface area contributed by atoms with Gasteiger partial charge in [0.05, 0.1) is 0 Å². The van der Waals surface area contributed by atoms with Gasteiger partial charge < -0.3 is 5.73 Å². The molecule has 2 rings (SSSR count). The number of hydrogen-bond acceptors (Lipinski definition) is 3. The first kappa shape index (κ1) is 8.44. The van der Waals surface area contributed by atoms with Crippen molar-refractivity contribution in [3.63, 3.8) is 0 Å². The van der Waals surface area contributed by atoms with E-state index >= 15 is 0 Å². The predicted molar refractivity (Wildman–Crippen MR) is 50.2 cm³/mol. The van der Waals surface area contributed by atoms with Crippen LogP contribution in [0, 0.1) is 6.92 Å². The molecular formula is C9H14N4. The van der Waals surface area contributed by atoms with Crippen molar-refractivity contribution in [2.45, 2.75) is 25.3 Å². The molecule has 1 aliphatic carbocycles. The molecule has 2 unspecified atom stereocenters. The molecule has 0 spiro atoms. The van der Waals surface area contributed by atoms with Crippen LogP contribution in [0.25, 0.3) is 0 Å². The van der Waals surface area contributed by atoms with Gasteiger partial charge in [-0.3, -0.25) is 4.68 Å². The molecule has 13 heavy (non-hydrogen) atoms. The molecule has 70 valence electrons. The highest BCUT2D eigenvalue weighted by Gasteiger charge is 2.21. The van der Waals surface area contributed by atoms with E-state index in [0.29, 0.717) is 5.92 Å². The highest BCUT2D eigenvalue weighted by molar-refractivity contribution is 5.17. The van der Waals surface area contributed by atoms with E-state index in [1.54, 1.807) is 0 Å². The maximum atomic E-state index is 5.78. The van der Waals surface area contributed by atoms with Crippen LogP contribution in [0.3, 0.4) is 0 Å². The molecule has 2 N–H and O–H groups in total. The summed E-state index contributed by atoms with van der Waals surface area (Å²) in [6.45, 7) is 1.90. The quantitative estimate of drug-likeness (QED) is 0.637. The summed E-state index contributed by atoms with van der Waals surface area (Å²) in [5, 5.41) is 4.21. The fourth-order valence-electron chi connectivity index (χ4n) is 1.77. The lowest BCUT2D eigenvalue weighted by Crippen LogP contribution is -2.15. The molecule has 1 aromatic heterocycles. The third kappa shape index (κ3) is 1.49. The molecule has 0 aromatic carbocycles. The van der Waals surface area contributed by atoms with Gasteiger partial charge in [0.1, 0.15) is 11.6 Å². The van der Waals surface area contributed by atoms with E-state index in [4.69, 9.17) is 5.73 Å². The number of rotatable bonds is 1. The third-order valence-corrected chi connectivity index (χ3v) is 2.35. The fraction of sp³-hybridized carbons (Fsp3) is 0.556. The molecule has 0 bridgehead atoms. The molecule has 1 aromatic rings. The molecule has 0 fully saturated rings. The van der Waals surface area contributed by atoms with Crippen LogP contribution < -0.4 is 5.73 Å². The molecule has 0 radical (unpaired) electrons. The average Bonchev–Trinajstić information content (AvgIpc) is 2.58. The first-order valence-corrected chi connectivity index (χ1v) is 4.48. The second-order valence-corrected chi connectivity index (χ2v) is 3.53. The second-order valence-electron chi connectivity index (χ2n) is 3.53. The van der Waals surface area contributed by atoms with E-state index in [-0.39, 0.29) is 6.04 Å². The standard InChI is InChI=1S/C9H14N4/c1-6-11-9(13(2)12-6)7-3-4-8(10)5-7/h3-4,7-8H,5,10H2,1-2H3. The average molecular weight is 178 g/mol. The Morgan fingerprint density at radius 1 is 1.54 bits per heavy atom. The number of aromatic nitrogens is 3. The first-order valence-electron chi connectivity index (χ1n) is 4.48. The minimum atomic E-state index is 0.182. The molecule has 0 amide bonds. The Labute approximate surface area is 77.5 Å². The highest BCUT2D eigenvalue weighted by Crippen LogP contribution is 2.25. The van der Waals surface area contributed by atoms with E-state index in [9.17, 15) is 0 Å². The van der Waals surface area contributed by atoms with E-state index in [2.05, 4.69) is 16.2 Å². The molecule has 1 heterocycles. The van der Waals surface area contributed by atoms with Crippen LogP contribution >= 0.6 is 0 Å². The minimum absolute atomic E-state index is 0.182. The van der Waals surface area contributed by atoms with Crippen LogP contribution in [0.1, 0.15) is 24.0 Å². The summed E-state index contributed by atoms with van der Waals surface area (Å²) in [5.74, 6) is 2.19. The zero-order valence-corrected chi connectivity index (χ0v) is 7.94. The molecule has 0 aliphatic heterocycles. The van der Waals surface area contributed by atoms with Gasteiger partial charge >= 0.3 is 0 Å². The van der Waals surface area contributed by atoms with E-state index in [1.165, 1.54) is 0 Å². The molecule has 2 atom stereocenters. The number of nitrogens with two attached hydrogens (primary N) is 1. The van der Waals surface area contributed by atoms with Gasteiger partial charge in [0.15, 0.2) is 0 Å². The number of hydrogen-bond donors (Lipinski definition) is 1. The molecule has 0 saturated heterocycles. The summed E-state index contributed by atoms with van der Waals surface area (Å²) in [6, 6.07) is 0.182. The highest BCUT2D eigenvalue weighted by atomic mass is 15.3. The Kier molecular flexibility index (Phi) is 1.92. The summed E-state index contributed by atoms with van der Waals surface area (Å²) in [4.78, 5) is 4.37. The van der Waals surface area contributed by atoms with Crippen molar-refractivity contribution in [1.29, 1.82) is 0 Å². The summed E-state index contributed by atoms with van der Waals surface area (Å²) in [5.41, 5.74) is 5.78. The number of nitrogens with zero attached hydrogens (tertiary/aromatic N) is 3. The van der Waals surface area contributed by atoms with Gasteiger partial charge in [0.2, 0.25) is 0 Å². The molecule has 1 aliphatic rings. The van der Waals surface area contributed by atoms with Crippen LogP contribution in [0.4, 0.5) is 0 Å². The maximum Gasteiger partial charge on any atom is 0.147 e. The van der Waals surface area contributed by atoms with Gasteiger partial charge in [-0.25, -0.2) is 4.98 Å². The predicted octanol–water partition coefficient (Wildman–Crippen LogP) is 0.494. The summed E-state index contributed by atoms with van der Waals surface area (Å²) in [6.07, 6.45) is 5.11. The lowest BCUT2D eigenvalue weighted by molar-refractivity contribution is 0.620. The Bertz CT molecular complexity index is 339. The Morgan fingerprint density at radius 2 is 2.31 bits per heavy atom. The van der Waals surface area contributed by atoms with Crippen molar-refractivity contribution < 1.29 is 0 Å². The van der Waals surface area contributed by atoms with Gasteiger partial charge in [-0.1, -0.05) is 12.2 Å². The van der Waals surface area contributed by atoms with Crippen LogP contribution in [0.2, 0.25) is 0 Å². The van der Waals surface area contributed by atoms with Crippen LogP contribution in [-0.4, -0.2) is 20.8 Å². The second kappa shape index (κ2) is 2.96. The van der Waals surface area contributed by atoms with Crippen molar-refractivity contribution in [1.82, 2.24) is 14.8 Å². The van der Waals surface area contributed by atoms with E-state index in [0.717, 1.165) is 18.1 Å². The Morgan fingerprint density at radius 3 is 2.77 bits per heavy atom.